The highest BCUT2D eigenvalue weighted by atomic mass is 32.1. The Morgan fingerprint density at radius 2 is 2.44 bits per heavy atom. The number of aromatic nitrogens is 1. The predicted octanol–water partition coefficient (Wildman–Crippen LogP) is 3.87. The summed E-state index contributed by atoms with van der Waals surface area (Å²) in [6.45, 7) is 2.80. The third-order valence-electron chi connectivity index (χ3n) is 2.38. The first kappa shape index (κ1) is 9.86. The minimum atomic E-state index is 0.710. The van der Waals surface area contributed by atoms with Gasteiger partial charge in [0.2, 0.25) is 0 Å². The zero-order chi connectivity index (χ0) is 11.0. The second-order valence-corrected chi connectivity index (χ2v) is 5.19. The van der Waals surface area contributed by atoms with Gasteiger partial charge in [-0.25, -0.2) is 0 Å². The summed E-state index contributed by atoms with van der Waals surface area (Å²) in [6.07, 6.45) is 1.69. The second kappa shape index (κ2) is 3.92. The summed E-state index contributed by atoms with van der Waals surface area (Å²) in [5.41, 5.74) is 2.37. The number of aryl methyl sites for hydroxylation is 1. The molecule has 0 aliphatic carbocycles. The molecular formula is C11H10N2OS2. The molecule has 0 aliphatic heterocycles. The van der Waals surface area contributed by atoms with Gasteiger partial charge >= 0.3 is 0 Å². The van der Waals surface area contributed by atoms with Gasteiger partial charge in [0, 0.05) is 0 Å². The summed E-state index contributed by atoms with van der Waals surface area (Å²) < 4.78 is 11.0. The fourth-order valence-electron chi connectivity index (χ4n) is 1.54. The van der Waals surface area contributed by atoms with E-state index in [9.17, 15) is 0 Å². The van der Waals surface area contributed by atoms with Crippen LogP contribution >= 0.6 is 22.9 Å². The molecule has 0 atom stereocenters. The Morgan fingerprint density at radius 3 is 3.25 bits per heavy atom. The minimum Gasteiger partial charge on any atom is -0.467 e. The topological polar surface area (TPSA) is 38.1 Å². The quantitative estimate of drug-likeness (QED) is 0.766. The first-order valence-corrected chi connectivity index (χ1v) is 6.59. The van der Waals surface area contributed by atoms with Gasteiger partial charge in [-0.15, -0.1) is 11.3 Å². The van der Waals surface area contributed by atoms with Crippen LogP contribution in [0.3, 0.4) is 0 Å². The summed E-state index contributed by atoms with van der Waals surface area (Å²) in [6, 6.07) is 3.86. The number of anilines is 1. The fourth-order valence-corrected chi connectivity index (χ4v) is 3.49. The average molecular weight is 250 g/mol. The van der Waals surface area contributed by atoms with Crippen LogP contribution in [0.5, 0.6) is 0 Å². The predicted molar refractivity (Wildman–Crippen MR) is 68.3 cm³/mol. The second-order valence-electron chi connectivity index (χ2n) is 3.54. The number of thiophene rings is 1. The van der Waals surface area contributed by atoms with Gasteiger partial charge in [-0.05, 0) is 41.5 Å². The molecule has 3 nitrogen and oxygen atoms in total. The number of rotatable bonds is 3. The van der Waals surface area contributed by atoms with Crippen LogP contribution in [0.2, 0.25) is 0 Å². The smallest absolute Gasteiger partial charge is 0.127 e. The zero-order valence-corrected chi connectivity index (χ0v) is 10.3. The van der Waals surface area contributed by atoms with Gasteiger partial charge < -0.3 is 9.73 Å². The van der Waals surface area contributed by atoms with Gasteiger partial charge in [-0.3, -0.25) is 0 Å². The van der Waals surface area contributed by atoms with E-state index in [0.717, 1.165) is 16.3 Å². The fraction of sp³-hybridized carbons (Fsp3) is 0.182. The standard InChI is InChI=1S/C11H10N2OS2/c1-7-6-15-10-9(7)13-16-11(10)12-5-8-3-2-4-14-8/h2-4,6,12H,5H2,1H3. The maximum absolute atomic E-state index is 5.27. The third-order valence-corrected chi connectivity index (χ3v) is 4.42. The van der Waals surface area contributed by atoms with Gasteiger partial charge in [0.15, 0.2) is 0 Å². The monoisotopic (exact) mass is 250 g/mol. The lowest BCUT2D eigenvalue weighted by Crippen LogP contribution is -1.95. The van der Waals surface area contributed by atoms with E-state index >= 15 is 0 Å². The number of hydrogen-bond donors (Lipinski definition) is 1. The first-order valence-electron chi connectivity index (χ1n) is 4.94. The summed E-state index contributed by atoms with van der Waals surface area (Å²) in [4.78, 5) is 0. The largest absolute Gasteiger partial charge is 0.467 e. The van der Waals surface area contributed by atoms with E-state index < -0.39 is 0 Å². The molecule has 0 radical (unpaired) electrons. The highest BCUT2D eigenvalue weighted by Gasteiger charge is 2.09. The van der Waals surface area contributed by atoms with E-state index in [1.807, 2.05) is 12.1 Å². The molecule has 0 bridgehead atoms. The Balaban J connectivity index is 1.84. The van der Waals surface area contributed by atoms with Crippen molar-refractivity contribution in [3.63, 3.8) is 0 Å². The molecule has 1 N–H and O–H groups in total. The molecule has 82 valence electrons. The Kier molecular flexibility index (Phi) is 2.41. The van der Waals surface area contributed by atoms with Gasteiger partial charge in [0.05, 0.1) is 23.0 Å². The maximum Gasteiger partial charge on any atom is 0.127 e. The van der Waals surface area contributed by atoms with E-state index in [1.165, 1.54) is 21.8 Å². The van der Waals surface area contributed by atoms with E-state index in [1.54, 1.807) is 17.6 Å². The molecular weight excluding hydrogens is 240 g/mol. The molecule has 0 amide bonds. The molecule has 3 aromatic rings. The molecule has 0 aliphatic rings. The van der Waals surface area contributed by atoms with E-state index in [4.69, 9.17) is 4.42 Å². The first-order chi connectivity index (χ1) is 7.84. The van der Waals surface area contributed by atoms with Crippen molar-refractivity contribution in [1.29, 1.82) is 0 Å². The number of furan rings is 1. The third kappa shape index (κ3) is 1.62. The molecule has 0 spiro atoms. The Labute approximate surface area is 101 Å². The minimum absolute atomic E-state index is 0.710. The van der Waals surface area contributed by atoms with Crippen molar-refractivity contribution in [2.75, 3.05) is 5.32 Å². The molecule has 16 heavy (non-hydrogen) atoms. The summed E-state index contributed by atoms with van der Waals surface area (Å²) >= 11 is 3.25. The van der Waals surface area contributed by atoms with Crippen molar-refractivity contribution < 1.29 is 4.42 Å². The number of fused-ring (bicyclic) bond motifs is 1. The molecule has 0 saturated carbocycles. The van der Waals surface area contributed by atoms with Crippen LogP contribution in [0.1, 0.15) is 11.3 Å². The van der Waals surface area contributed by atoms with Crippen molar-refractivity contribution in [3.05, 3.63) is 35.1 Å². The van der Waals surface area contributed by atoms with E-state index in [0.29, 0.717) is 6.54 Å². The van der Waals surface area contributed by atoms with Gasteiger partial charge in [0.25, 0.3) is 0 Å². The molecule has 3 heterocycles. The normalized spacial score (nSPS) is 11.1. The van der Waals surface area contributed by atoms with Crippen LogP contribution in [0.25, 0.3) is 10.2 Å². The van der Waals surface area contributed by atoms with E-state index in [-0.39, 0.29) is 0 Å². The Morgan fingerprint density at radius 1 is 1.50 bits per heavy atom. The molecule has 0 aromatic carbocycles. The highest BCUT2D eigenvalue weighted by molar-refractivity contribution is 7.23. The SMILES string of the molecule is Cc1csc2c(NCc3ccco3)snc12. The lowest BCUT2D eigenvalue weighted by Gasteiger charge is -1.98. The molecule has 3 rings (SSSR count). The van der Waals surface area contributed by atoms with Crippen molar-refractivity contribution >= 4 is 38.1 Å². The summed E-state index contributed by atoms with van der Waals surface area (Å²) in [5.74, 6) is 0.940. The van der Waals surface area contributed by atoms with Crippen LogP contribution in [0.15, 0.2) is 28.2 Å². The molecule has 5 heteroatoms. The molecule has 3 aromatic heterocycles. The number of nitrogens with zero attached hydrogens (tertiary/aromatic N) is 1. The lowest BCUT2D eigenvalue weighted by atomic mass is 10.3. The Bertz CT molecular complexity index is 595. The molecule has 0 saturated heterocycles. The maximum atomic E-state index is 5.27. The highest BCUT2D eigenvalue weighted by Crippen LogP contribution is 2.34. The van der Waals surface area contributed by atoms with Crippen LogP contribution in [-0.4, -0.2) is 4.37 Å². The summed E-state index contributed by atoms with van der Waals surface area (Å²) in [5, 5.41) is 6.63. The van der Waals surface area contributed by atoms with Crippen LogP contribution in [0.4, 0.5) is 5.00 Å². The van der Waals surface area contributed by atoms with Crippen molar-refractivity contribution in [2.45, 2.75) is 13.5 Å². The van der Waals surface area contributed by atoms with Crippen LogP contribution in [0, 0.1) is 6.92 Å². The zero-order valence-electron chi connectivity index (χ0n) is 8.69. The van der Waals surface area contributed by atoms with E-state index in [2.05, 4.69) is 22.0 Å². The van der Waals surface area contributed by atoms with Crippen LogP contribution in [-0.2, 0) is 6.54 Å². The molecule has 0 unspecified atom stereocenters. The summed E-state index contributed by atoms with van der Waals surface area (Å²) in [7, 11) is 0. The van der Waals surface area contributed by atoms with Crippen molar-refractivity contribution in [1.82, 2.24) is 4.37 Å². The van der Waals surface area contributed by atoms with Gasteiger partial charge in [-0.2, -0.15) is 4.37 Å². The van der Waals surface area contributed by atoms with Gasteiger partial charge in [0.1, 0.15) is 10.8 Å². The number of hydrogen-bond acceptors (Lipinski definition) is 5. The van der Waals surface area contributed by atoms with Crippen LogP contribution < -0.4 is 5.32 Å². The van der Waals surface area contributed by atoms with Crippen molar-refractivity contribution in [2.24, 2.45) is 0 Å². The molecule has 0 fully saturated rings. The van der Waals surface area contributed by atoms with Crippen molar-refractivity contribution in [3.8, 4) is 0 Å². The Hall–Kier alpha value is -1.33. The number of nitrogens with one attached hydrogen (secondary N) is 1. The lowest BCUT2D eigenvalue weighted by molar-refractivity contribution is 0.518. The average Bonchev–Trinajstić information content (AvgIpc) is 2.96. The van der Waals surface area contributed by atoms with Gasteiger partial charge in [-0.1, -0.05) is 0 Å².